The van der Waals surface area contributed by atoms with Crippen molar-refractivity contribution in [3.8, 4) is 0 Å². The lowest BCUT2D eigenvalue weighted by atomic mass is 10.0. The number of nitrogens with zero attached hydrogens (tertiary/aromatic N) is 3. The Labute approximate surface area is 112 Å². The monoisotopic (exact) mass is 259 g/mol. The van der Waals surface area contributed by atoms with E-state index in [1.807, 2.05) is 13.0 Å². The highest BCUT2D eigenvalue weighted by Gasteiger charge is 2.46. The number of hydrogen-bond donors (Lipinski definition) is 0. The molecule has 2 amide bonds. The van der Waals surface area contributed by atoms with Gasteiger partial charge in [-0.3, -0.25) is 19.5 Å². The van der Waals surface area contributed by atoms with Gasteiger partial charge in [-0.15, -0.1) is 0 Å². The van der Waals surface area contributed by atoms with Crippen molar-refractivity contribution in [2.75, 3.05) is 11.4 Å². The number of carbonyl (C=O) groups excluding carboxylic acids is 2. The first-order valence-corrected chi connectivity index (χ1v) is 6.66. The van der Waals surface area contributed by atoms with Gasteiger partial charge in [0.15, 0.2) is 0 Å². The molecule has 5 heteroatoms. The van der Waals surface area contributed by atoms with E-state index in [-0.39, 0.29) is 17.9 Å². The predicted octanol–water partition coefficient (Wildman–Crippen LogP) is 1.12. The third-order valence-electron chi connectivity index (χ3n) is 4.04. The van der Waals surface area contributed by atoms with Crippen molar-refractivity contribution in [1.82, 2.24) is 9.88 Å². The van der Waals surface area contributed by atoms with Crippen molar-refractivity contribution < 1.29 is 9.59 Å². The van der Waals surface area contributed by atoms with Crippen LogP contribution < -0.4 is 4.90 Å². The molecule has 0 bridgehead atoms. The fourth-order valence-electron chi connectivity index (χ4n) is 3.05. The first kappa shape index (κ1) is 12.1. The second-order valence-corrected chi connectivity index (χ2v) is 5.18. The van der Waals surface area contributed by atoms with E-state index in [9.17, 15) is 9.59 Å². The molecule has 2 saturated heterocycles. The van der Waals surface area contributed by atoms with Crippen LogP contribution in [0.25, 0.3) is 0 Å². The van der Waals surface area contributed by atoms with E-state index in [0.29, 0.717) is 6.54 Å². The van der Waals surface area contributed by atoms with Gasteiger partial charge in [-0.1, -0.05) is 0 Å². The first-order chi connectivity index (χ1) is 9.11. The topological polar surface area (TPSA) is 53.5 Å². The summed E-state index contributed by atoms with van der Waals surface area (Å²) >= 11 is 0. The van der Waals surface area contributed by atoms with Crippen molar-refractivity contribution >= 4 is 17.5 Å². The molecule has 0 spiro atoms. The molecule has 2 aliphatic rings. The van der Waals surface area contributed by atoms with E-state index < -0.39 is 6.04 Å². The van der Waals surface area contributed by atoms with Gasteiger partial charge in [0.25, 0.3) is 5.91 Å². The molecule has 3 heterocycles. The first-order valence-electron chi connectivity index (χ1n) is 6.66. The van der Waals surface area contributed by atoms with Crippen LogP contribution in [0, 0.1) is 6.92 Å². The number of amides is 2. The molecule has 0 N–H and O–H groups in total. The number of aryl methyl sites for hydroxylation is 1. The Morgan fingerprint density at radius 1 is 1.32 bits per heavy atom. The van der Waals surface area contributed by atoms with Gasteiger partial charge < -0.3 is 4.90 Å². The second kappa shape index (κ2) is 4.33. The molecule has 2 fully saturated rings. The van der Waals surface area contributed by atoms with E-state index in [1.165, 1.54) is 0 Å². The van der Waals surface area contributed by atoms with Crippen LogP contribution in [0.2, 0.25) is 0 Å². The SMILES string of the molecule is Cc1ncccc1N1C(=O)C2CCCN2C(=O)C1C. The van der Waals surface area contributed by atoms with Crippen LogP contribution in [-0.4, -0.2) is 40.3 Å². The van der Waals surface area contributed by atoms with Gasteiger partial charge >= 0.3 is 0 Å². The highest BCUT2D eigenvalue weighted by Crippen LogP contribution is 2.31. The standard InChI is InChI=1S/C14H17N3O2/c1-9-11(5-3-7-15-9)17-10(2)13(18)16-8-4-6-12(16)14(17)19/h3,5,7,10,12H,4,6,8H2,1-2H3. The molecule has 1 aromatic heterocycles. The maximum Gasteiger partial charge on any atom is 0.250 e. The van der Waals surface area contributed by atoms with Crippen LogP contribution in [-0.2, 0) is 9.59 Å². The third-order valence-corrected chi connectivity index (χ3v) is 4.04. The Morgan fingerprint density at radius 2 is 2.11 bits per heavy atom. The van der Waals surface area contributed by atoms with Gasteiger partial charge in [-0.25, -0.2) is 0 Å². The number of carbonyl (C=O) groups is 2. The average molecular weight is 259 g/mol. The molecular weight excluding hydrogens is 242 g/mol. The molecule has 0 aliphatic carbocycles. The molecular formula is C14H17N3O2. The van der Waals surface area contributed by atoms with Crippen molar-refractivity contribution in [1.29, 1.82) is 0 Å². The summed E-state index contributed by atoms with van der Waals surface area (Å²) in [6, 6.07) is 2.94. The quantitative estimate of drug-likeness (QED) is 0.759. The molecule has 19 heavy (non-hydrogen) atoms. The number of hydrogen-bond acceptors (Lipinski definition) is 3. The van der Waals surface area contributed by atoms with Gasteiger partial charge in [-0.2, -0.15) is 0 Å². The number of aromatic nitrogens is 1. The highest BCUT2D eigenvalue weighted by molar-refractivity contribution is 6.08. The zero-order valence-electron chi connectivity index (χ0n) is 11.2. The second-order valence-electron chi connectivity index (χ2n) is 5.18. The Morgan fingerprint density at radius 3 is 2.84 bits per heavy atom. The van der Waals surface area contributed by atoms with Gasteiger partial charge in [0.1, 0.15) is 12.1 Å². The van der Waals surface area contributed by atoms with Crippen LogP contribution >= 0.6 is 0 Å². The Hall–Kier alpha value is -1.91. The van der Waals surface area contributed by atoms with Crippen LogP contribution in [0.15, 0.2) is 18.3 Å². The normalized spacial score (nSPS) is 26.8. The molecule has 2 aliphatic heterocycles. The summed E-state index contributed by atoms with van der Waals surface area (Å²) in [6.07, 6.45) is 3.38. The van der Waals surface area contributed by atoms with Crippen molar-refractivity contribution in [2.45, 2.75) is 38.8 Å². The lowest BCUT2D eigenvalue weighted by molar-refractivity contribution is -0.143. The number of fused-ring (bicyclic) bond motifs is 1. The fourth-order valence-corrected chi connectivity index (χ4v) is 3.05. The summed E-state index contributed by atoms with van der Waals surface area (Å²) < 4.78 is 0. The maximum absolute atomic E-state index is 12.6. The molecule has 3 rings (SSSR count). The Bertz CT molecular complexity index is 543. The third kappa shape index (κ3) is 1.72. The largest absolute Gasteiger partial charge is 0.329 e. The van der Waals surface area contributed by atoms with Gasteiger partial charge in [0, 0.05) is 12.7 Å². The predicted molar refractivity (Wildman–Crippen MR) is 70.7 cm³/mol. The van der Waals surface area contributed by atoms with Gasteiger partial charge in [0.05, 0.1) is 11.4 Å². The van der Waals surface area contributed by atoms with Gasteiger partial charge in [0.2, 0.25) is 5.91 Å². The minimum absolute atomic E-state index is 0.0284. The summed E-state index contributed by atoms with van der Waals surface area (Å²) in [5.41, 5.74) is 1.53. The molecule has 0 radical (unpaired) electrons. The summed E-state index contributed by atoms with van der Waals surface area (Å²) in [6.45, 7) is 4.36. The average Bonchev–Trinajstić information content (AvgIpc) is 2.88. The lowest BCUT2D eigenvalue weighted by Crippen LogP contribution is -2.62. The summed E-state index contributed by atoms with van der Waals surface area (Å²) in [5.74, 6) is 0.0750. The van der Waals surface area contributed by atoms with Crippen molar-refractivity contribution in [3.63, 3.8) is 0 Å². The van der Waals surface area contributed by atoms with Gasteiger partial charge in [-0.05, 0) is 38.8 Å². The van der Waals surface area contributed by atoms with Crippen LogP contribution in [0.1, 0.15) is 25.5 Å². The van der Waals surface area contributed by atoms with Crippen LogP contribution in [0.4, 0.5) is 5.69 Å². The molecule has 2 unspecified atom stereocenters. The van der Waals surface area contributed by atoms with E-state index in [0.717, 1.165) is 24.2 Å². The molecule has 2 atom stereocenters. The minimum Gasteiger partial charge on any atom is -0.329 e. The maximum atomic E-state index is 12.6. The number of rotatable bonds is 1. The fraction of sp³-hybridized carbons (Fsp3) is 0.500. The van der Waals surface area contributed by atoms with E-state index in [1.54, 1.807) is 29.0 Å². The summed E-state index contributed by atoms with van der Waals surface area (Å²) in [4.78, 5) is 32.5. The van der Waals surface area contributed by atoms with Crippen molar-refractivity contribution in [2.24, 2.45) is 0 Å². The van der Waals surface area contributed by atoms with E-state index in [4.69, 9.17) is 0 Å². The summed E-state index contributed by atoms with van der Waals surface area (Å²) in [5, 5.41) is 0. The Kier molecular flexibility index (Phi) is 2.77. The molecule has 0 saturated carbocycles. The van der Waals surface area contributed by atoms with E-state index >= 15 is 0 Å². The van der Waals surface area contributed by atoms with Crippen LogP contribution in [0.3, 0.4) is 0 Å². The minimum atomic E-state index is -0.440. The summed E-state index contributed by atoms with van der Waals surface area (Å²) in [7, 11) is 0. The number of pyridine rings is 1. The van der Waals surface area contributed by atoms with Crippen molar-refractivity contribution in [3.05, 3.63) is 24.0 Å². The smallest absolute Gasteiger partial charge is 0.250 e. The zero-order chi connectivity index (χ0) is 13.6. The van der Waals surface area contributed by atoms with E-state index in [2.05, 4.69) is 4.98 Å². The molecule has 100 valence electrons. The Balaban J connectivity index is 2.03. The molecule has 1 aromatic rings. The zero-order valence-corrected chi connectivity index (χ0v) is 11.2. The molecule has 0 aromatic carbocycles. The highest BCUT2D eigenvalue weighted by atomic mass is 16.2. The number of piperazine rings is 1. The number of anilines is 1. The molecule has 5 nitrogen and oxygen atoms in total. The van der Waals surface area contributed by atoms with Crippen LogP contribution in [0.5, 0.6) is 0 Å². The lowest BCUT2D eigenvalue weighted by Gasteiger charge is -2.41.